The van der Waals surface area contributed by atoms with Crippen LogP contribution in [0, 0.1) is 7.14 Å². The van der Waals surface area contributed by atoms with Crippen molar-refractivity contribution in [2.45, 2.75) is 37.8 Å². The molecule has 2 heterocycles. The number of esters is 1. The minimum Gasteiger partial charge on any atom is -0.489 e. The highest BCUT2D eigenvalue weighted by molar-refractivity contribution is 14.1. The molecule has 0 radical (unpaired) electrons. The zero-order chi connectivity index (χ0) is 30.0. The van der Waals surface area contributed by atoms with Crippen molar-refractivity contribution in [2.75, 3.05) is 12.9 Å². The van der Waals surface area contributed by atoms with Gasteiger partial charge in [-0.1, -0.05) is 53.8 Å². The van der Waals surface area contributed by atoms with Gasteiger partial charge in [-0.2, -0.15) is 0 Å². The number of thiazole rings is 1. The third-order valence-electron chi connectivity index (χ3n) is 6.48. The largest absolute Gasteiger partial charge is 0.489 e. The van der Waals surface area contributed by atoms with Gasteiger partial charge in [0.1, 0.15) is 5.75 Å². The van der Waals surface area contributed by atoms with Gasteiger partial charge in [-0.25, -0.2) is 9.79 Å². The van der Waals surface area contributed by atoms with Crippen molar-refractivity contribution in [3.8, 4) is 5.75 Å². The minimum absolute atomic E-state index is 0.0308. The van der Waals surface area contributed by atoms with Gasteiger partial charge in [0.25, 0.3) is 5.56 Å². The molecule has 0 saturated carbocycles. The van der Waals surface area contributed by atoms with E-state index in [1.165, 1.54) is 11.3 Å². The van der Waals surface area contributed by atoms with E-state index in [9.17, 15) is 9.59 Å². The van der Waals surface area contributed by atoms with E-state index in [-0.39, 0.29) is 18.3 Å². The summed E-state index contributed by atoms with van der Waals surface area (Å²) in [6, 6.07) is 20.9. The minimum atomic E-state index is -0.712. The quantitative estimate of drug-likeness (QED) is 0.113. The van der Waals surface area contributed by atoms with Crippen LogP contribution in [0.25, 0.3) is 11.8 Å². The Balaban J connectivity index is 1.82. The molecule has 0 bridgehead atoms. The monoisotopic (exact) mass is 822 g/mol. The lowest BCUT2D eigenvalue weighted by molar-refractivity contribution is -0.138. The van der Waals surface area contributed by atoms with Crippen LogP contribution < -0.4 is 19.6 Å². The average molecular weight is 823 g/mol. The molecule has 0 spiro atoms. The lowest BCUT2D eigenvalue weighted by Gasteiger charge is -2.26. The number of fused-ring (bicyclic) bond motifs is 1. The van der Waals surface area contributed by atoms with Crippen molar-refractivity contribution in [3.05, 3.63) is 116 Å². The van der Waals surface area contributed by atoms with Gasteiger partial charge in [-0.05, 0) is 108 Å². The predicted octanol–water partition coefficient (Wildman–Crippen LogP) is 6.65. The molecular formula is C32H28I2N2O4S2. The van der Waals surface area contributed by atoms with Crippen molar-refractivity contribution in [1.29, 1.82) is 0 Å². The van der Waals surface area contributed by atoms with Crippen molar-refractivity contribution in [3.63, 3.8) is 0 Å². The standard InChI is InChI=1S/C32H28I2N2O4S2/c1-5-39-31(38)26-27(19-9-7-6-8-10-19)35-32-36(28(26)20-11-13-23(41-4)14-12-20)30(37)25(42-32)16-21-15-22(33)17-24(34)29(21)40-18(2)3/h6-18,28H,5H2,1-4H3/b25-16-/t28-/m1/s1. The third-order valence-corrected chi connectivity index (χ3v) is 9.63. The van der Waals surface area contributed by atoms with E-state index >= 15 is 0 Å². The number of halogens is 2. The van der Waals surface area contributed by atoms with Gasteiger partial charge < -0.3 is 9.47 Å². The molecule has 1 aliphatic rings. The number of aromatic nitrogens is 1. The second-order valence-corrected chi connectivity index (χ2v) is 14.0. The average Bonchev–Trinajstić information content (AvgIpc) is 3.28. The van der Waals surface area contributed by atoms with E-state index in [4.69, 9.17) is 14.5 Å². The van der Waals surface area contributed by atoms with Gasteiger partial charge in [0.05, 0.1) is 38.1 Å². The smallest absolute Gasteiger partial charge is 0.338 e. The second-order valence-electron chi connectivity index (χ2n) is 9.68. The summed E-state index contributed by atoms with van der Waals surface area (Å²) in [7, 11) is 0. The molecule has 10 heteroatoms. The Bertz CT molecular complexity index is 1850. The molecule has 1 aromatic heterocycles. The van der Waals surface area contributed by atoms with E-state index < -0.39 is 12.0 Å². The zero-order valence-electron chi connectivity index (χ0n) is 23.4. The normalized spacial score (nSPS) is 15.0. The number of rotatable bonds is 8. The van der Waals surface area contributed by atoms with Gasteiger partial charge >= 0.3 is 5.97 Å². The molecule has 5 rings (SSSR count). The second kappa shape index (κ2) is 13.5. The molecular weight excluding hydrogens is 794 g/mol. The maximum Gasteiger partial charge on any atom is 0.338 e. The zero-order valence-corrected chi connectivity index (χ0v) is 29.3. The van der Waals surface area contributed by atoms with E-state index in [0.29, 0.717) is 20.6 Å². The Morgan fingerprint density at radius 1 is 1.12 bits per heavy atom. The molecule has 0 unspecified atom stereocenters. The van der Waals surface area contributed by atoms with Gasteiger partial charge in [0.2, 0.25) is 0 Å². The molecule has 0 amide bonds. The van der Waals surface area contributed by atoms with Crippen LogP contribution in [-0.2, 0) is 9.53 Å². The Kier molecular flexibility index (Phi) is 9.95. The number of carbonyl (C=O) groups is 1. The fourth-order valence-electron chi connectivity index (χ4n) is 4.73. The third kappa shape index (κ3) is 6.41. The fraction of sp³-hybridized carbons (Fsp3) is 0.219. The molecule has 0 fully saturated rings. The van der Waals surface area contributed by atoms with Gasteiger partial charge in [0.15, 0.2) is 4.80 Å². The first-order valence-corrected chi connectivity index (χ1v) is 17.5. The maximum atomic E-state index is 14.3. The van der Waals surface area contributed by atoms with E-state index in [1.807, 2.05) is 92.9 Å². The molecule has 1 atom stereocenters. The summed E-state index contributed by atoms with van der Waals surface area (Å²) in [4.78, 5) is 34.4. The van der Waals surface area contributed by atoms with Crippen LogP contribution in [0.2, 0.25) is 0 Å². The predicted molar refractivity (Wildman–Crippen MR) is 187 cm³/mol. The maximum absolute atomic E-state index is 14.3. The van der Waals surface area contributed by atoms with Crippen molar-refractivity contribution < 1.29 is 14.3 Å². The summed E-state index contributed by atoms with van der Waals surface area (Å²) in [5.41, 5.74) is 3.03. The first-order valence-electron chi connectivity index (χ1n) is 13.3. The number of nitrogens with zero attached hydrogens (tertiary/aromatic N) is 2. The number of thioether (sulfide) groups is 1. The summed E-state index contributed by atoms with van der Waals surface area (Å²) in [6.45, 7) is 5.94. The lowest BCUT2D eigenvalue weighted by Crippen LogP contribution is -2.40. The molecule has 0 saturated heterocycles. The van der Waals surface area contributed by atoms with Gasteiger partial charge in [-0.3, -0.25) is 9.36 Å². The Morgan fingerprint density at radius 3 is 2.48 bits per heavy atom. The van der Waals surface area contributed by atoms with E-state index in [1.54, 1.807) is 23.3 Å². The Labute approximate surface area is 279 Å². The van der Waals surface area contributed by atoms with Crippen LogP contribution in [0.3, 0.4) is 0 Å². The van der Waals surface area contributed by atoms with Crippen LogP contribution in [0.5, 0.6) is 5.75 Å². The van der Waals surface area contributed by atoms with E-state index in [0.717, 1.165) is 34.5 Å². The molecule has 0 aliphatic carbocycles. The first kappa shape index (κ1) is 31.0. The van der Waals surface area contributed by atoms with Crippen LogP contribution in [0.15, 0.2) is 87.0 Å². The molecule has 42 heavy (non-hydrogen) atoms. The molecule has 3 aromatic carbocycles. The molecule has 1 aliphatic heterocycles. The molecule has 6 nitrogen and oxygen atoms in total. The highest BCUT2D eigenvalue weighted by Crippen LogP contribution is 2.36. The van der Waals surface area contributed by atoms with Crippen LogP contribution >= 0.6 is 68.3 Å². The lowest BCUT2D eigenvalue weighted by atomic mass is 9.93. The summed E-state index contributed by atoms with van der Waals surface area (Å²) in [5, 5.41) is 0. The van der Waals surface area contributed by atoms with Crippen molar-refractivity contribution in [2.24, 2.45) is 4.99 Å². The highest BCUT2D eigenvalue weighted by Gasteiger charge is 2.35. The fourth-order valence-corrected chi connectivity index (χ4v) is 8.15. The number of carbonyl (C=O) groups excluding carboxylic acids is 1. The Morgan fingerprint density at radius 2 is 1.83 bits per heavy atom. The number of ether oxygens (including phenoxy) is 2. The summed E-state index contributed by atoms with van der Waals surface area (Å²) in [6.07, 6.45) is 3.85. The summed E-state index contributed by atoms with van der Waals surface area (Å²) >= 11 is 7.48. The van der Waals surface area contributed by atoms with Crippen molar-refractivity contribution >= 4 is 86.0 Å². The van der Waals surface area contributed by atoms with Gasteiger partial charge in [-0.15, -0.1) is 11.8 Å². The topological polar surface area (TPSA) is 69.9 Å². The highest BCUT2D eigenvalue weighted by atomic mass is 127. The van der Waals surface area contributed by atoms with E-state index in [2.05, 4.69) is 45.2 Å². The Hall–Kier alpha value is -2.42. The SMILES string of the molecule is CCOC(=O)C1=C(c2ccccc2)N=c2s/c(=C\c3cc(I)cc(I)c3OC(C)C)c(=O)n2[C@@H]1c1ccc(SC)cc1. The first-order chi connectivity index (χ1) is 20.2. The summed E-state index contributed by atoms with van der Waals surface area (Å²) < 4.78 is 15.9. The number of hydrogen-bond donors (Lipinski definition) is 0. The summed E-state index contributed by atoms with van der Waals surface area (Å²) in [5.74, 6) is 0.242. The molecule has 0 N–H and O–H groups in total. The molecule has 4 aromatic rings. The number of hydrogen-bond acceptors (Lipinski definition) is 7. The van der Waals surface area contributed by atoms with Crippen LogP contribution in [0.4, 0.5) is 0 Å². The van der Waals surface area contributed by atoms with Crippen molar-refractivity contribution in [1.82, 2.24) is 4.57 Å². The van der Waals surface area contributed by atoms with Crippen LogP contribution in [0.1, 0.15) is 43.5 Å². The number of benzene rings is 3. The molecule has 216 valence electrons. The van der Waals surface area contributed by atoms with Gasteiger partial charge in [0, 0.05) is 19.6 Å². The van der Waals surface area contributed by atoms with Crippen LogP contribution in [-0.4, -0.2) is 29.5 Å².